The Hall–Kier alpha value is -2.31. The van der Waals surface area contributed by atoms with Gasteiger partial charge in [-0.25, -0.2) is 4.39 Å². The Bertz CT molecular complexity index is 755. The van der Waals surface area contributed by atoms with Gasteiger partial charge < -0.3 is 14.8 Å². The standard InChI is InChI=1S/C18H20ClFN2O3/c1-22(10-12-4-6-17(25-3)15(20)8-12)11-18(23)21-13-5-7-16(24-2)14(19)9-13/h4-9H,10-11H2,1-3H3,(H,21,23). The number of ether oxygens (including phenoxy) is 2. The summed E-state index contributed by atoms with van der Waals surface area (Å²) >= 11 is 6.03. The van der Waals surface area contributed by atoms with E-state index in [1.165, 1.54) is 20.3 Å². The van der Waals surface area contributed by atoms with Gasteiger partial charge in [0.15, 0.2) is 11.6 Å². The SMILES string of the molecule is COc1ccc(CN(C)CC(=O)Nc2ccc(OC)c(Cl)c2)cc1F. The van der Waals surface area contributed by atoms with Gasteiger partial charge in [-0.2, -0.15) is 0 Å². The smallest absolute Gasteiger partial charge is 0.238 e. The summed E-state index contributed by atoms with van der Waals surface area (Å²) in [5, 5.41) is 3.18. The van der Waals surface area contributed by atoms with Crippen LogP contribution in [-0.4, -0.2) is 38.6 Å². The van der Waals surface area contributed by atoms with Gasteiger partial charge in [0.2, 0.25) is 5.91 Å². The number of hydrogen-bond acceptors (Lipinski definition) is 4. The molecule has 2 aromatic carbocycles. The van der Waals surface area contributed by atoms with E-state index in [0.717, 1.165) is 5.56 Å². The molecule has 0 saturated carbocycles. The van der Waals surface area contributed by atoms with E-state index in [2.05, 4.69) is 5.32 Å². The molecule has 7 heteroatoms. The van der Waals surface area contributed by atoms with Gasteiger partial charge in [0, 0.05) is 12.2 Å². The first-order chi connectivity index (χ1) is 11.9. The third-order valence-electron chi connectivity index (χ3n) is 3.52. The van der Waals surface area contributed by atoms with Crippen molar-refractivity contribution in [3.63, 3.8) is 0 Å². The number of carbonyl (C=O) groups excluding carboxylic acids is 1. The first kappa shape index (κ1) is 19.0. The number of anilines is 1. The molecule has 0 spiro atoms. The number of rotatable bonds is 7. The van der Waals surface area contributed by atoms with Crippen LogP contribution in [0.5, 0.6) is 11.5 Å². The van der Waals surface area contributed by atoms with Crippen molar-refractivity contribution < 1.29 is 18.7 Å². The molecule has 0 fully saturated rings. The van der Waals surface area contributed by atoms with Crippen LogP contribution in [0.4, 0.5) is 10.1 Å². The number of amides is 1. The third kappa shape index (κ3) is 5.34. The Kier molecular flexibility index (Phi) is 6.61. The van der Waals surface area contributed by atoms with Crippen LogP contribution < -0.4 is 14.8 Å². The summed E-state index contributed by atoms with van der Waals surface area (Å²) in [4.78, 5) is 13.9. The highest BCUT2D eigenvalue weighted by Gasteiger charge is 2.10. The average Bonchev–Trinajstić information content (AvgIpc) is 2.55. The van der Waals surface area contributed by atoms with E-state index in [1.807, 2.05) is 0 Å². The number of carbonyl (C=O) groups is 1. The minimum absolute atomic E-state index is 0.150. The topological polar surface area (TPSA) is 50.8 Å². The zero-order chi connectivity index (χ0) is 18.4. The Morgan fingerprint density at radius 2 is 1.84 bits per heavy atom. The monoisotopic (exact) mass is 366 g/mol. The molecule has 0 bridgehead atoms. The van der Waals surface area contributed by atoms with Crippen LogP contribution in [0.25, 0.3) is 0 Å². The molecule has 25 heavy (non-hydrogen) atoms. The average molecular weight is 367 g/mol. The molecule has 0 heterocycles. The van der Waals surface area contributed by atoms with E-state index in [9.17, 15) is 9.18 Å². The molecular weight excluding hydrogens is 347 g/mol. The van der Waals surface area contributed by atoms with Crippen molar-refractivity contribution in [1.82, 2.24) is 4.90 Å². The lowest BCUT2D eigenvalue weighted by Gasteiger charge is -2.17. The summed E-state index contributed by atoms with van der Waals surface area (Å²) in [6.45, 7) is 0.578. The summed E-state index contributed by atoms with van der Waals surface area (Å²) in [6.07, 6.45) is 0. The molecule has 1 N–H and O–H groups in total. The van der Waals surface area contributed by atoms with Crippen molar-refractivity contribution in [3.05, 3.63) is 52.8 Å². The summed E-state index contributed by atoms with van der Waals surface area (Å²) in [7, 11) is 4.72. The molecule has 0 radical (unpaired) electrons. The number of nitrogens with zero attached hydrogens (tertiary/aromatic N) is 1. The van der Waals surface area contributed by atoms with Gasteiger partial charge in [0.25, 0.3) is 0 Å². The second-order valence-corrected chi connectivity index (χ2v) is 5.95. The van der Waals surface area contributed by atoms with Crippen molar-refractivity contribution in [3.8, 4) is 11.5 Å². The quantitative estimate of drug-likeness (QED) is 0.814. The highest BCUT2D eigenvalue weighted by atomic mass is 35.5. The van der Waals surface area contributed by atoms with Gasteiger partial charge in [-0.1, -0.05) is 17.7 Å². The van der Waals surface area contributed by atoms with Gasteiger partial charge in [-0.3, -0.25) is 9.69 Å². The normalized spacial score (nSPS) is 10.6. The van der Waals surface area contributed by atoms with Crippen LogP contribution >= 0.6 is 11.6 Å². The zero-order valence-electron chi connectivity index (χ0n) is 14.3. The maximum atomic E-state index is 13.7. The van der Waals surface area contributed by atoms with Crippen molar-refractivity contribution in [1.29, 1.82) is 0 Å². The molecule has 134 valence electrons. The van der Waals surface area contributed by atoms with E-state index in [0.29, 0.717) is 23.0 Å². The van der Waals surface area contributed by atoms with Crippen molar-refractivity contribution in [2.75, 3.05) is 33.1 Å². The van der Waals surface area contributed by atoms with Crippen LogP contribution in [0.2, 0.25) is 5.02 Å². The molecule has 0 atom stereocenters. The number of hydrogen-bond donors (Lipinski definition) is 1. The van der Waals surface area contributed by atoms with Crippen LogP contribution in [0.3, 0.4) is 0 Å². The Morgan fingerprint density at radius 3 is 2.44 bits per heavy atom. The first-order valence-corrected chi connectivity index (χ1v) is 7.95. The van der Waals surface area contributed by atoms with Crippen molar-refractivity contribution in [2.24, 2.45) is 0 Å². The van der Waals surface area contributed by atoms with Gasteiger partial charge in [-0.15, -0.1) is 0 Å². The summed E-state index contributed by atoms with van der Waals surface area (Å²) in [5.41, 5.74) is 1.33. The minimum Gasteiger partial charge on any atom is -0.495 e. The summed E-state index contributed by atoms with van der Waals surface area (Å²) < 4.78 is 23.7. The fraction of sp³-hybridized carbons (Fsp3) is 0.278. The number of likely N-dealkylation sites (N-methyl/N-ethyl adjacent to an activating group) is 1. The lowest BCUT2D eigenvalue weighted by molar-refractivity contribution is -0.117. The van der Waals surface area contributed by atoms with E-state index in [1.54, 1.807) is 42.3 Å². The van der Waals surface area contributed by atoms with E-state index < -0.39 is 5.82 Å². The number of nitrogens with one attached hydrogen (secondary N) is 1. The predicted molar refractivity (Wildman–Crippen MR) is 95.9 cm³/mol. The molecule has 0 aliphatic heterocycles. The van der Waals surface area contributed by atoms with Crippen LogP contribution in [0.1, 0.15) is 5.56 Å². The van der Waals surface area contributed by atoms with Crippen molar-refractivity contribution in [2.45, 2.75) is 6.54 Å². The maximum Gasteiger partial charge on any atom is 0.238 e. The molecule has 2 aromatic rings. The van der Waals surface area contributed by atoms with E-state index in [4.69, 9.17) is 21.1 Å². The molecule has 0 aromatic heterocycles. The fourth-order valence-corrected chi connectivity index (χ4v) is 2.62. The van der Waals surface area contributed by atoms with Gasteiger partial charge in [-0.05, 0) is 42.9 Å². The predicted octanol–water partition coefficient (Wildman–Crippen LogP) is 3.57. The van der Waals surface area contributed by atoms with E-state index >= 15 is 0 Å². The second-order valence-electron chi connectivity index (χ2n) is 5.54. The summed E-state index contributed by atoms with van der Waals surface area (Å²) in [6, 6.07) is 9.74. The summed E-state index contributed by atoms with van der Waals surface area (Å²) in [5.74, 6) is 0.113. The molecular formula is C18H20ClFN2O3. The van der Waals surface area contributed by atoms with Crippen LogP contribution in [0, 0.1) is 5.82 Å². The lowest BCUT2D eigenvalue weighted by Crippen LogP contribution is -2.29. The lowest BCUT2D eigenvalue weighted by atomic mass is 10.2. The first-order valence-electron chi connectivity index (χ1n) is 7.57. The molecule has 0 aliphatic carbocycles. The minimum atomic E-state index is -0.425. The highest BCUT2D eigenvalue weighted by Crippen LogP contribution is 2.27. The second kappa shape index (κ2) is 8.69. The Balaban J connectivity index is 1.91. The molecule has 0 aliphatic rings. The molecule has 5 nitrogen and oxygen atoms in total. The third-order valence-corrected chi connectivity index (χ3v) is 3.81. The number of halogens is 2. The highest BCUT2D eigenvalue weighted by molar-refractivity contribution is 6.32. The van der Waals surface area contributed by atoms with Crippen LogP contribution in [0.15, 0.2) is 36.4 Å². The molecule has 0 unspecified atom stereocenters. The largest absolute Gasteiger partial charge is 0.495 e. The number of methoxy groups -OCH3 is 2. The molecule has 0 saturated heterocycles. The number of benzene rings is 2. The Morgan fingerprint density at radius 1 is 1.16 bits per heavy atom. The van der Waals surface area contributed by atoms with Gasteiger partial charge in [0.05, 0.1) is 25.8 Å². The van der Waals surface area contributed by atoms with E-state index in [-0.39, 0.29) is 18.2 Å². The molecule has 1 amide bonds. The molecule has 2 rings (SSSR count). The van der Waals surface area contributed by atoms with Crippen molar-refractivity contribution >= 4 is 23.2 Å². The zero-order valence-corrected chi connectivity index (χ0v) is 15.1. The Labute approximate surface area is 151 Å². The van der Waals surface area contributed by atoms with Crippen LogP contribution in [-0.2, 0) is 11.3 Å². The van der Waals surface area contributed by atoms with Gasteiger partial charge >= 0.3 is 0 Å². The fourth-order valence-electron chi connectivity index (χ4n) is 2.37. The van der Waals surface area contributed by atoms with Gasteiger partial charge in [0.1, 0.15) is 5.75 Å². The maximum absolute atomic E-state index is 13.7.